The molecule has 0 unspecified atom stereocenters. The van der Waals surface area contributed by atoms with Gasteiger partial charge in [-0.25, -0.2) is 4.79 Å². The van der Waals surface area contributed by atoms with E-state index in [4.69, 9.17) is 16.3 Å². The van der Waals surface area contributed by atoms with E-state index in [-0.39, 0.29) is 12.0 Å². The lowest BCUT2D eigenvalue weighted by atomic mass is 10.1. The summed E-state index contributed by atoms with van der Waals surface area (Å²) < 4.78 is 4.92. The van der Waals surface area contributed by atoms with Gasteiger partial charge in [0, 0.05) is 16.8 Å². The fraction of sp³-hybridized carbons (Fsp3) is 0.167. The van der Waals surface area contributed by atoms with E-state index >= 15 is 0 Å². The monoisotopic (exact) mass is 315 g/mol. The minimum atomic E-state index is -0.351. The van der Waals surface area contributed by atoms with E-state index < -0.39 is 0 Å². The standard InChI is InChI=1S/C18H18ClNO2/c1-2-22-18(21)13-12-17(14-8-10-15(19)11-9-14)20-16-6-4-3-5-7-16/h3-13,17,20H,2H2,1H3/b13-12+/t17-/m0/s1. The summed E-state index contributed by atoms with van der Waals surface area (Å²) in [5.41, 5.74) is 1.98. The van der Waals surface area contributed by atoms with Crippen LogP contribution < -0.4 is 5.32 Å². The van der Waals surface area contributed by atoms with Crippen molar-refractivity contribution in [1.82, 2.24) is 0 Å². The minimum absolute atomic E-state index is 0.149. The molecule has 22 heavy (non-hydrogen) atoms. The highest BCUT2D eigenvalue weighted by Crippen LogP contribution is 2.22. The van der Waals surface area contributed by atoms with Crippen LogP contribution in [0.1, 0.15) is 18.5 Å². The molecule has 0 aromatic heterocycles. The van der Waals surface area contributed by atoms with Crippen molar-refractivity contribution >= 4 is 23.3 Å². The SMILES string of the molecule is CCOC(=O)/C=C/[C@H](Nc1ccccc1)c1ccc(Cl)cc1. The highest BCUT2D eigenvalue weighted by atomic mass is 35.5. The second-order valence-electron chi connectivity index (χ2n) is 4.65. The van der Waals surface area contributed by atoms with Crippen LogP contribution in [-0.2, 0) is 9.53 Å². The number of para-hydroxylation sites is 1. The molecule has 0 heterocycles. The number of hydrogen-bond donors (Lipinski definition) is 1. The lowest BCUT2D eigenvalue weighted by Gasteiger charge is -2.17. The van der Waals surface area contributed by atoms with Gasteiger partial charge in [0.05, 0.1) is 12.6 Å². The van der Waals surface area contributed by atoms with Crippen LogP contribution in [0.25, 0.3) is 0 Å². The predicted molar refractivity (Wildman–Crippen MR) is 90.0 cm³/mol. The Kier molecular flexibility index (Phi) is 6.04. The van der Waals surface area contributed by atoms with E-state index in [0.29, 0.717) is 11.6 Å². The van der Waals surface area contributed by atoms with Gasteiger partial charge in [-0.05, 0) is 36.8 Å². The molecule has 0 aliphatic carbocycles. The van der Waals surface area contributed by atoms with E-state index in [1.165, 1.54) is 6.08 Å². The first kappa shape index (κ1) is 16.1. The third kappa shape index (κ3) is 4.93. The summed E-state index contributed by atoms with van der Waals surface area (Å²) in [5, 5.41) is 4.05. The number of carbonyl (C=O) groups is 1. The van der Waals surface area contributed by atoms with E-state index in [0.717, 1.165) is 11.3 Å². The molecule has 0 radical (unpaired) electrons. The fourth-order valence-corrected chi connectivity index (χ4v) is 2.12. The Labute approximate surface area is 135 Å². The van der Waals surface area contributed by atoms with Gasteiger partial charge in [0.15, 0.2) is 0 Å². The molecule has 2 aromatic rings. The Morgan fingerprint density at radius 2 is 1.86 bits per heavy atom. The molecule has 0 amide bonds. The highest BCUT2D eigenvalue weighted by Gasteiger charge is 2.09. The first-order valence-corrected chi connectivity index (χ1v) is 7.49. The molecule has 0 saturated heterocycles. The van der Waals surface area contributed by atoms with Crippen LogP contribution in [-0.4, -0.2) is 12.6 Å². The Hall–Kier alpha value is -2.26. The number of esters is 1. The maximum atomic E-state index is 11.5. The van der Waals surface area contributed by atoms with Crippen molar-refractivity contribution in [2.45, 2.75) is 13.0 Å². The van der Waals surface area contributed by atoms with Gasteiger partial charge in [0.1, 0.15) is 0 Å². The molecule has 114 valence electrons. The van der Waals surface area contributed by atoms with E-state index in [2.05, 4.69) is 5.32 Å². The van der Waals surface area contributed by atoms with Gasteiger partial charge in [-0.3, -0.25) is 0 Å². The average molecular weight is 316 g/mol. The summed E-state index contributed by atoms with van der Waals surface area (Å²) in [6.45, 7) is 2.14. The Balaban J connectivity index is 2.20. The molecule has 2 rings (SSSR count). The third-order valence-electron chi connectivity index (χ3n) is 3.04. The van der Waals surface area contributed by atoms with Crippen LogP contribution >= 0.6 is 11.6 Å². The second kappa shape index (κ2) is 8.25. The second-order valence-corrected chi connectivity index (χ2v) is 5.09. The Morgan fingerprint density at radius 1 is 1.18 bits per heavy atom. The molecule has 4 heteroatoms. The zero-order valence-corrected chi connectivity index (χ0v) is 13.1. The maximum Gasteiger partial charge on any atom is 0.330 e. The highest BCUT2D eigenvalue weighted by molar-refractivity contribution is 6.30. The number of ether oxygens (including phenoxy) is 1. The van der Waals surface area contributed by atoms with Crippen LogP contribution in [0.15, 0.2) is 66.7 Å². The number of hydrogen-bond acceptors (Lipinski definition) is 3. The zero-order valence-electron chi connectivity index (χ0n) is 12.3. The Bertz CT molecular complexity index is 623. The van der Waals surface area contributed by atoms with Gasteiger partial charge in [0.2, 0.25) is 0 Å². The summed E-state index contributed by atoms with van der Waals surface area (Å²) >= 11 is 5.93. The molecule has 0 saturated carbocycles. The number of carbonyl (C=O) groups excluding carboxylic acids is 1. The fourth-order valence-electron chi connectivity index (χ4n) is 1.99. The van der Waals surface area contributed by atoms with Crippen LogP contribution in [0.4, 0.5) is 5.69 Å². The lowest BCUT2D eigenvalue weighted by Crippen LogP contribution is -2.09. The summed E-state index contributed by atoms with van der Waals surface area (Å²) in [7, 11) is 0. The number of nitrogens with one attached hydrogen (secondary N) is 1. The van der Waals surface area contributed by atoms with Gasteiger partial charge in [-0.1, -0.05) is 48.0 Å². The van der Waals surface area contributed by atoms with Crippen LogP contribution in [0, 0.1) is 0 Å². The van der Waals surface area contributed by atoms with Gasteiger partial charge >= 0.3 is 5.97 Å². The normalized spacial score (nSPS) is 12.1. The molecule has 0 spiro atoms. The molecule has 0 aliphatic heterocycles. The first-order valence-electron chi connectivity index (χ1n) is 7.11. The summed E-state index contributed by atoms with van der Waals surface area (Å²) in [6.07, 6.45) is 3.23. The molecule has 3 nitrogen and oxygen atoms in total. The molecule has 0 aliphatic rings. The minimum Gasteiger partial charge on any atom is -0.463 e. The molecule has 0 bridgehead atoms. The summed E-state index contributed by atoms with van der Waals surface area (Å²) in [5.74, 6) is -0.351. The van der Waals surface area contributed by atoms with Crippen molar-refractivity contribution in [3.05, 3.63) is 77.3 Å². The molecular weight excluding hydrogens is 298 g/mol. The third-order valence-corrected chi connectivity index (χ3v) is 3.29. The van der Waals surface area contributed by atoms with Crippen molar-refractivity contribution in [1.29, 1.82) is 0 Å². The molecule has 1 atom stereocenters. The van der Waals surface area contributed by atoms with Gasteiger partial charge in [-0.2, -0.15) is 0 Å². The zero-order chi connectivity index (χ0) is 15.8. The molecule has 2 aromatic carbocycles. The smallest absolute Gasteiger partial charge is 0.330 e. The van der Waals surface area contributed by atoms with Crippen LogP contribution in [0.5, 0.6) is 0 Å². The molecule has 1 N–H and O–H groups in total. The summed E-state index contributed by atoms with van der Waals surface area (Å²) in [6, 6.07) is 17.2. The largest absolute Gasteiger partial charge is 0.463 e. The summed E-state index contributed by atoms with van der Waals surface area (Å²) in [4.78, 5) is 11.5. The Morgan fingerprint density at radius 3 is 2.50 bits per heavy atom. The number of anilines is 1. The molecular formula is C18H18ClNO2. The lowest BCUT2D eigenvalue weighted by molar-refractivity contribution is -0.137. The maximum absolute atomic E-state index is 11.5. The van der Waals surface area contributed by atoms with E-state index in [9.17, 15) is 4.79 Å². The molecule has 0 fully saturated rings. The van der Waals surface area contributed by atoms with Crippen molar-refractivity contribution in [3.63, 3.8) is 0 Å². The van der Waals surface area contributed by atoms with Gasteiger partial charge in [0.25, 0.3) is 0 Å². The van der Waals surface area contributed by atoms with Crippen molar-refractivity contribution in [2.24, 2.45) is 0 Å². The topological polar surface area (TPSA) is 38.3 Å². The average Bonchev–Trinajstić information content (AvgIpc) is 2.53. The number of rotatable bonds is 6. The van der Waals surface area contributed by atoms with Crippen molar-refractivity contribution in [2.75, 3.05) is 11.9 Å². The van der Waals surface area contributed by atoms with E-state index in [1.807, 2.05) is 54.6 Å². The van der Waals surface area contributed by atoms with Gasteiger partial charge in [-0.15, -0.1) is 0 Å². The number of halogens is 1. The first-order chi connectivity index (χ1) is 10.7. The van der Waals surface area contributed by atoms with Crippen molar-refractivity contribution in [3.8, 4) is 0 Å². The van der Waals surface area contributed by atoms with Crippen LogP contribution in [0.2, 0.25) is 5.02 Å². The van der Waals surface area contributed by atoms with Crippen LogP contribution in [0.3, 0.4) is 0 Å². The quantitative estimate of drug-likeness (QED) is 0.625. The van der Waals surface area contributed by atoms with E-state index in [1.54, 1.807) is 13.0 Å². The predicted octanol–water partition coefficient (Wildman–Crippen LogP) is 4.61. The van der Waals surface area contributed by atoms with Gasteiger partial charge < -0.3 is 10.1 Å². The number of benzene rings is 2. The van der Waals surface area contributed by atoms with Crippen molar-refractivity contribution < 1.29 is 9.53 Å².